The van der Waals surface area contributed by atoms with E-state index in [0.29, 0.717) is 18.6 Å². The highest BCUT2D eigenvalue weighted by atomic mass is 16.6. The molecular weight excluding hydrogens is 196 g/mol. The Morgan fingerprint density at radius 2 is 2.53 bits per heavy atom. The molecule has 1 aliphatic rings. The average molecular weight is 210 g/mol. The largest absolute Gasteiger partial charge is 0.469 e. The average Bonchev–Trinajstić information content (AvgIpc) is 2.27. The minimum atomic E-state index is -0.366. The van der Waals surface area contributed by atoms with Crippen molar-refractivity contribution in [3.8, 4) is 0 Å². The van der Waals surface area contributed by atoms with Crippen LogP contribution in [0.15, 0.2) is 24.4 Å². The number of esters is 1. The van der Waals surface area contributed by atoms with Crippen LogP contribution in [-0.2, 0) is 19.1 Å². The van der Waals surface area contributed by atoms with Gasteiger partial charge in [-0.1, -0.05) is 6.92 Å². The van der Waals surface area contributed by atoms with Crippen LogP contribution in [0.5, 0.6) is 0 Å². The zero-order valence-corrected chi connectivity index (χ0v) is 8.64. The van der Waals surface area contributed by atoms with Gasteiger partial charge in [-0.3, -0.25) is 4.79 Å². The molecule has 15 heavy (non-hydrogen) atoms. The van der Waals surface area contributed by atoms with Crippen molar-refractivity contribution in [2.45, 2.75) is 26.2 Å². The standard InChI is InChI=1S/C11H14O4/c1-2-9(5-6-12)11(13)15-10-4-3-7-14-8-10/h3,6-9H,2,4-5H2,1H3. The molecule has 0 radical (unpaired) electrons. The summed E-state index contributed by atoms with van der Waals surface area (Å²) in [6, 6.07) is 0. The molecule has 0 aliphatic carbocycles. The smallest absolute Gasteiger partial charge is 0.314 e. The number of carbonyl (C=O) groups excluding carboxylic acids is 2. The lowest BCUT2D eigenvalue weighted by molar-refractivity contribution is -0.145. The first-order valence-electron chi connectivity index (χ1n) is 4.92. The van der Waals surface area contributed by atoms with Crippen molar-refractivity contribution in [2.75, 3.05) is 0 Å². The third-order valence-corrected chi connectivity index (χ3v) is 2.13. The van der Waals surface area contributed by atoms with Crippen molar-refractivity contribution in [3.63, 3.8) is 0 Å². The number of aldehydes is 1. The van der Waals surface area contributed by atoms with Crippen molar-refractivity contribution in [3.05, 3.63) is 24.4 Å². The number of hydrogen-bond acceptors (Lipinski definition) is 4. The molecule has 0 aromatic rings. The number of ether oxygens (including phenoxy) is 2. The van der Waals surface area contributed by atoms with Gasteiger partial charge in [0, 0.05) is 12.8 Å². The molecule has 82 valence electrons. The van der Waals surface area contributed by atoms with Crippen LogP contribution in [0.25, 0.3) is 0 Å². The van der Waals surface area contributed by atoms with E-state index in [1.54, 1.807) is 6.08 Å². The Morgan fingerprint density at radius 1 is 1.73 bits per heavy atom. The van der Waals surface area contributed by atoms with E-state index in [4.69, 9.17) is 9.47 Å². The molecule has 1 aliphatic heterocycles. The van der Waals surface area contributed by atoms with Gasteiger partial charge >= 0.3 is 5.97 Å². The molecule has 0 saturated carbocycles. The summed E-state index contributed by atoms with van der Waals surface area (Å²) < 4.78 is 9.95. The van der Waals surface area contributed by atoms with Gasteiger partial charge in [-0.25, -0.2) is 0 Å². The summed E-state index contributed by atoms with van der Waals surface area (Å²) in [4.78, 5) is 21.8. The van der Waals surface area contributed by atoms with Crippen molar-refractivity contribution < 1.29 is 19.1 Å². The summed E-state index contributed by atoms with van der Waals surface area (Å²) in [7, 11) is 0. The topological polar surface area (TPSA) is 52.6 Å². The summed E-state index contributed by atoms with van der Waals surface area (Å²) >= 11 is 0. The van der Waals surface area contributed by atoms with E-state index in [1.807, 2.05) is 6.92 Å². The molecule has 1 rings (SSSR count). The summed E-state index contributed by atoms with van der Waals surface area (Å²) in [5, 5.41) is 0. The summed E-state index contributed by atoms with van der Waals surface area (Å²) in [5.41, 5.74) is 0. The molecule has 0 aromatic heterocycles. The minimum absolute atomic E-state index is 0.208. The second kappa shape index (κ2) is 6.01. The molecule has 4 nitrogen and oxygen atoms in total. The maximum atomic E-state index is 11.5. The van der Waals surface area contributed by atoms with E-state index in [-0.39, 0.29) is 18.3 Å². The lowest BCUT2D eigenvalue weighted by Crippen LogP contribution is -2.17. The Morgan fingerprint density at radius 3 is 3.07 bits per heavy atom. The van der Waals surface area contributed by atoms with Gasteiger partial charge in [0.1, 0.15) is 18.3 Å². The van der Waals surface area contributed by atoms with Gasteiger partial charge < -0.3 is 14.3 Å². The summed E-state index contributed by atoms with van der Waals surface area (Å²) in [5.74, 6) is -0.240. The van der Waals surface area contributed by atoms with Gasteiger partial charge in [0.15, 0.2) is 0 Å². The predicted octanol–water partition coefficient (Wildman–Crippen LogP) is 1.92. The SMILES string of the molecule is CCC(CC=O)C(=O)OC1=COC=CC1. The van der Waals surface area contributed by atoms with Crippen LogP contribution in [0.4, 0.5) is 0 Å². The molecule has 0 saturated heterocycles. The van der Waals surface area contributed by atoms with E-state index in [0.717, 1.165) is 6.29 Å². The van der Waals surface area contributed by atoms with Crippen LogP contribution in [0.3, 0.4) is 0 Å². The van der Waals surface area contributed by atoms with Gasteiger partial charge in [0.2, 0.25) is 0 Å². The Kier molecular flexibility index (Phi) is 4.60. The van der Waals surface area contributed by atoms with Crippen LogP contribution >= 0.6 is 0 Å². The normalized spacial score (nSPS) is 16.2. The Hall–Kier alpha value is -1.58. The second-order valence-electron chi connectivity index (χ2n) is 3.22. The highest BCUT2D eigenvalue weighted by molar-refractivity contribution is 5.76. The van der Waals surface area contributed by atoms with E-state index in [1.165, 1.54) is 12.5 Å². The first kappa shape index (κ1) is 11.5. The molecule has 0 N–H and O–H groups in total. The first-order valence-corrected chi connectivity index (χ1v) is 4.92. The van der Waals surface area contributed by atoms with Crippen molar-refractivity contribution >= 4 is 12.3 Å². The fourth-order valence-corrected chi connectivity index (χ4v) is 1.21. The first-order chi connectivity index (χ1) is 7.27. The lowest BCUT2D eigenvalue weighted by Gasteiger charge is -2.13. The molecule has 0 amide bonds. The van der Waals surface area contributed by atoms with Crippen molar-refractivity contribution in [1.29, 1.82) is 0 Å². The highest BCUT2D eigenvalue weighted by Gasteiger charge is 2.19. The Bertz CT molecular complexity index is 291. The van der Waals surface area contributed by atoms with Crippen molar-refractivity contribution in [2.24, 2.45) is 5.92 Å². The van der Waals surface area contributed by atoms with Gasteiger partial charge in [-0.15, -0.1) is 0 Å². The quantitative estimate of drug-likeness (QED) is 0.514. The van der Waals surface area contributed by atoms with E-state index < -0.39 is 0 Å². The van der Waals surface area contributed by atoms with Gasteiger partial charge in [0.25, 0.3) is 0 Å². The maximum Gasteiger partial charge on any atom is 0.314 e. The minimum Gasteiger partial charge on any atom is -0.469 e. The monoisotopic (exact) mass is 210 g/mol. The van der Waals surface area contributed by atoms with Crippen LogP contribution in [0.2, 0.25) is 0 Å². The van der Waals surface area contributed by atoms with Gasteiger partial charge in [-0.05, 0) is 12.5 Å². The number of rotatable bonds is 5. The fraction of sp³-hybridized carbons (Fsp3) is 0.455. The van der Waals surface area contributed by atoms with E-state index in [9.17, 15) is 9.59 Å². The van der Waals surface area contributed by atoms with Crippen molar-refractivity contribution in [1.82, 2.24) is 0 Å². The number of carbonyl (C=O) groups is 2. The third-order valence-electron chi connectivity index (χ3n) is 2.13. The maximum absolute atomic E-state index is 11.5. The van der Waals surface area contributed by atoms with Gasteiger partial charge in [0.05, 0.1) is 12.2 Å². The molecule has 1 heterocycles. The molecule has 1 atom stereocenters. The molecule has 0 bridgehead atoms. The number of allylic oxidation sites excluding steroid dienone is 1. The highest BCUT2D eigenvalue weighted by Crippen LogP contribution is 2.16. The van der Waals surface area contributed by atoms with Crippen LogP contribution in [0, 0.1) is 5.92 Å². The van der Waals surface area contributed by atoms with E-state index >= 15 is 0 Å². The summed E-state index contributed by atoms with van der Waals surface area (Å²) in [6.45, 7) is 1.85. The molecule has 1 unspecified atom stereocenters. The molecular formula is C11H14O4. The third kappa shape index (κ3) is 3.58. The zero-order chi connectivity index (χ0) is 11.1. The zero-order valence-electron chi connectivity index (χ0n) is 8.64. The second-order valence-corrected chi connectivity index (χ2v) is 3.22. The van der Waals surface area contributed by atoms with Gasteiger partial charge in [-0.2, -0.15) is 0 Å². The molecule has 0 aromatic carbocycles. The summed E-state index contributed by atoms with van der Waals surface area (Å²) in [6.07, 6.45) is 6.76. The van der Waals surface area contributed by atoms with Crippen LogP contribution in [-0.4, -0.2) is 12.3 Å². The van der Waals surface area contributed by atoms with Crippen LogP contribution in [0.1, 0.15) is 26.2 Å². The Labute approximate surface area is 88.6 Å². The Balaban J connectivity index is 2.45. The van der Waals surface area contributed by atoms with E-state index in [2.05, 4.69) is 0 Å². The predicted molar refractivity (Wildman–Crippen MR) is 53.5 cm³/mol. The lowest BCUT2D eigenvalue weighted by atomic mass is 10.0. The van der Waals surface area contributed by atoms with Crippen LogP contribution < -0.4 is 0 Å². The molecule has 0 spiro atoms. The molecule has 0 fully saturated rings. The molecule has 4 heteroatoms. The number of hydrogen-bond donors (Lipinski definition) is 0. The fourth-order valence-electron chi connectivity index (χ4n) is 1.21.